The molecule has 0 amide bonds. The molecule has 34 heavy (non-hydrogen) atoms. The van der Waals surface area contributed by atoms with Crippen molar-refractivity contribution in [3.05, 3.63) is 87.5 Å². The number of hydrogen-bond donors (Lipinski definition) is 0. The number of carbonyl (C=O) groups excluding carboxylic acids is 2. The number of benzene rings is 2. The highest BCUT2D eigenvalue weighted by Gasteiger charge is 2.54. The molecule has 3 rings (SSSR count). The summed E-state index contributed by atoms with van der Waals surface area (Å²) in [5.74, 6) is -2.05. The normalized spacial score (nSPS) is 20.7. The van der Waals surface area contributed by atoms with Gasteiger partial charge in [-0.05, 0) is 50.1 Å². The molecule has 0 bridgehead atoms. The van der Waals surface area contributed by atoms with E-state index in [1.165, 1.54) is 30.3 Å². The van der Waals surface area contributed by atoms with Crippen molar-refractivity contribution in [3.63, 3.8) is 0 Å². The Labute approximate surface area is 197 Å². The number of nitro groups is 1. The number of allylic oxidation sites excluding steroid dienone is 2. The van der Waals surface area contributed by atoms with Crippen molar-refractivity contribution >= 4 is 23.5 Å². The lowest BCUT2D eigenvalue weighted by molar-refractivity contribution is -0.384. The molecule has 0 heterocycles. The van der Waals surface area contributed by atoms with Gasteiger partial charge in [-0.2, -0.15) is 0 Å². The van der Waals surface area contributed by atoms with Gasteiger partial charge in [-0.3, -0.25) is 14.9 Å². The highest BCUT2D eigenvalue weighted by atomic mass is 19.1. The predicted octanol–water partition coefficient (Wildman–Crippen LogP) is 5.35. The Balaban J connectivity index is 2.07. The first kappa shape index (κ1) is 24.8. The van der Waals surface area contributed by atoms with Crippen LogP contribution in [-0.2, 0) is 14.3 Å². The van der Waals surface area contributed by atoms with Crippen LogP contribution >= 0.6 is 0 Å². The number of rotatable bonds is 6. The van der Waals surface area contributed by atoms with Crippen LogP contribution in [0.15, 0.2) is 66.3 Å². The summed E-state index contributed by atoms with van der Waals surface area (Å²) in [4.78, 5) is 36.2. The van der Waals surface area contributed by atoms with E-state index >= 15 is 4.39 Å². The van der Waals surface area contributed by atoms with E-state index in [-0.39, 0.29) is 29.0 Å². The third-order valence-corrected chi connectivity index (χ3v) is 5.40. The van der Waals surface area contributed by atoms with Crippen molar-refractivity contribution in [3.8, 4) is 5.75 Å². The van der Waals surface area contributed by atoms with Crippen LogP contribution in [0.1, 0.15) is 44.2 Å². The summed E-state index contributed by atoms with van der Waals surface area (Å²) in [6.45, 7) is 4.87. The van der Waals surface area contributed by atoms with E-state index in [1.54, 1.807) is 58.2 Å². The molecule has 178 valence electrons. The Kier molecular flexibility index (Phi) is 7.00. The first-order valence-corrected chi connectivity index (χ1v) is 10.7. The quantitative estimate of drug-likeness (QED) is 0.323. The second-order valence-corrected chi connectivity index (χ2v) is 8.99. The zero-order valence-electron chi connectivity index (χ0n) is 19.4. The van der Waals surface area contributed by atoms with Crippen molar-refractivity contribution in [1.29, 1.82) is 0 Å². The Morgan fingerprint density at radius 2 is 1.74 bits per heavy atom. The molecule has 0 unspecified atom stereocenters. The predicted molar refractivity (Wildman–Crippen MR) is 125 cm³/mol. The lowest BCUT2D eigenvalue weighted by Gasteiger charge is -2.37. The molecule has 0 radical (unpaired) electrons. The van der Waals surface area contributed by atoms with Gasteiger partial charge in [0, 0.05) is 30.0 Å². The molecule has 2 aromatic rings. The smallest absolute Gasteiger partial charge is 0.349 e. The number of hydrogen-bond acceptors (Lipinski definition) is 6. The average molecular weight is 467 g/mol. The van der Waals surface area contributed by atoms with Crippen LogP contribution in [0.4, 0.5) is 10.1 Å². The largest absolute Gasteiger partial charge is 0.497 e. The number of carbonyl (C=O) groups is 2. The Hall–Kier alpha value is -3.81. The molecule has 8 heteroatoms. The minimum atomic E-state index is -2.68. The SMILES string of the molecule is COc1ccc(/C=C/C2=CC(=O)C[C@@H](c3ccc([N+](=O)[O-])cc3)[C@@]2(F)C(=O)OC(C)(C)C)cc1. The lowest BCUT2D eigenvalue weighted by atomic mass is 9.71. The van der Waals surface area contributed by atoms with Crippen LogP contribution < -0.4 is 4.74 Å². The number of methoxy groups -OCH3 is 1. The van der Waals surface area contributed by atoms with Crippen molar-refractivity contribution < 1.29 is 28.4 Å². The topological polar surface area (TPSA) is 95.7 Å². The van der Waals surface area contributed by atoms with Crippen LogP contribution in [0.5, 0.6) is 5.75 Å². The standard InChI is InChI=1S/C26H26FNO6/c1-25(2,3)34-24(30)26(27)19(10-5-17-6-13-22(33-4)14-7-17)15-21(29)16-23(26)18-8-11-20(12-9-18)28(31)32/h5-15,23H,16H2,1-4H3/b10-5+/t23-,26+/m0/s1. The summed E-state index contributed by atoms with van der Waals surface area (Å²) in [6, 6.07) is 12.1. The number of ether oxygens (including phenoxy) is 2. The number of non-ortho nitro benzene ring substituents is 1. The maximum absolute atomic E-state index is 16.9. The molecule has 0 aromatic heterocycles. The molecular formula is C26H26FNO6. The third-order valence-electron chi connectivity index (χ3n) is 5.40. The van der Waals surface area contributed by atoms with Crippen LogP contribution in [0.25, 0.3) is 6.08 Å². The van der Waals surface area contributed by atoms with Gasteiger partial charge in [0.2, 0.25) is 5.67 Å². The monoisotopic (exact) mass is 467 g/mol. The van der Waals surface area contributed by atoms with Crippen LogP contribution in [0, 0.1) is 10.1 Å². The minimum absolute atomic E-state index is 0.142. The molecule has 0 spiro atoms. The Morgan fingerprint density at radius 1 is 1.12 bits per heavy atom. The molecule has 0 aliphatic heterocycles. The fourth-order valence-corrected chi connectivity index (χ4v) is 3.74. The van der Waals surface area contributed by atoms with Crippen LogP contribution in [-0.4, -0.2) is 35.1 Å². The van der Waals surface area contributed by atoms with Gasteiger partial charge >= 0.3 is 5.97 Å². The second kappa shape index (κ2) is 9.59. The first-order chi connectivity index (χ1) is 15.9. The number of nitro benzene ring substituents is 1. The summed E-state index contributed by atoms with van der Waals surface area (Å²) >= 11 is 0. The highest BCUT2D eigenvalue weighted by molar-refractivity contribution is 5.99. The van der Waals surface area contributed by atoms with Crippen molar-refractivity contribution in [2.24, 2.45) is 0 Å². The first-order valence-electron chi connectivity index (χ1n) is 10.7. The van der Waals surface area contributed by atoms with E-state index in [0.29, 0.717) is 11.3 Å². The summed E-state index contributed by atoms with van der Waals surface area (Å²) in [5.41, 5.74) is -2.98. The van der Waals surface area contributed by atoms with Gasteiger partial charge in [0.05, 0.1) is 12.0 Å². The van der Waals surface area contributed by atoms with Gasteiger partial charge in [0.15, 0.2) is 5.78 Å². The molecule has 0 fully saturated rings. The lowest BCUT2D eigenvalue weighted by Crippen LogP contribution is -2.48. The van der Waals surface area contributed by atoms with Gasteiger partial charge in [-0.1, -0.05) is 36.4 Å². The number of nitrogens with zero attached hydrogens (tertiary/aromatic N) is 1. The van der Waals surface area contributed by atoms with E-state index in [0.717, 1.165) is 6.08 Å². The van der Waals surface area contributed by atoms with Crippen molar-refractivity contribution in [2.45, 2.75) is 44.4 Å². The summed E-state index contributed by atoms with van der Waals surface area (Å²) in [5, 5.41) is 11.0. The fraction of sp³-hybridized carbons (Fsp3) is 0.308. The summed E-state index contributed by atoms with van der Waals surface area (Å²) in [6.07, 6.45) is 3.82. The number of halogens is 1. The minimum Gasteiger partial charge on any atom is -0.497 e. The molecule has 0 N–H and O–H groups in total. The molecule has 1 aliphatic rings. The van der Waals surface area contributed by atoms with Crippen molar-refractivity contribution in [1.82, 2.24) is 0 Å². The molecule has 2 atom stereocenters. The molecular weight excluding hydrogens is 441 g/mol. The molecule has 0 saturated heterocycles. The number of alkyl halides is 1. The van der Waals surface area contributed by atoms with Gasteiger partial charge in [0.1, 0.15) is 11.4 Å². The van der Waals surface area contributed by atoms with Gasteiger partial charge in [0.25, 0.3) is 5.69 Å². The van der Waals surface area contributed by atoms with Crippen molar-refractivity contribution in [2.75, 3.05) is 7.11 Å². The van der Waals surface area contributed by atoms with Gasteiger partial charge in [-0.15, -0.1) is 0 Å². The maximum Gasteiger partial charge on any atom is 0.349 e. The van der Waals surface area contributed by atoms with Gasteiger partial charge in [-0.25, -0.2) is 9.18 Å². The Morgan fingerprint density at radius 3 is 2.26 bits per heavy atom. The third kappa shape index (κ3) is 5.39. The van der Waals surface area contributed by atoms with E-state index in [2.05, 4.69) is 0 Å². The Bertz CT molecular complexity index is 1150. The number of ketones is 1. The zero-order valence-corrected chi connectivity index (χ0v) is 19.4. The van der Waals surface area contributed by atoms with E-state index < -0.39 is 28.1 Å². The van der Waals surface area contributed by atoms with E-state index in [4.69, 9.17) is 9.47 Å². The summed E-state index contributed by atoms with van der Waals surface area (Å²) < 4.78 is 27.4. The molecule has 1 aliphatic carbocycles. The fourth-order valence-electron chi connectivity index (χ4n) is 3.74. The van der Waals surface area contributed by atoms with E-state index in [9.17, 15) is 19.7 Å². The molecule has 0 saturated carbocycles. The van der Waals surface area contributed by atoms with Gasteiger partial charge < -0.3 is 9.47 Å². The van der Waals surface area contributed by atoms with Crippen LogP contribution in [0.2, 0.25) is 0 Å². The van der Waals surface area contributed by atoms with Crippen LogP contribution in [0.3, 0.4) is 0 Å². The van der Waals surface area contributed by atoms with E-state index in [1.807, 2.05) is 0 Å². The average Bonchev–Trinajstić information content (AvgIpc) is 2.78. The number of esters is 1. The maximum atomic E-state index is 16.9. The zero-order chi connectivity index (χ0) is 25.1. The summed E-state index contributed by atoms with van der Waals surface area (Å²) in [7, 11) is 1.54. The molecule has 7 nitrogen and oxygen atoms in total. The molecule has 2 aromatic carbocycles. The highest BCUT2D eigenvalue weighted by Crippen LogP contribution is 2.46. The second-order valence-electron chi connectivity index (χ2n) is 8.99.